The van der Waals surface area contributed by atoms with E-state index in [9.17, 15) is 14.4 Å². The van der Waals surface area contributed by atoms with E-state index in [4.69, 9.17) is 25.6 Å². The van der Waals surface area contributed by atoms with Gasteiger partial charge in [-0.2, -0.15) is 0 Å². The van der Waals surface area contributed by atoms with Crippen LogP contribution in [0.5, 0.6) is 11.5 Å². The highest BCUT2D eigenvalue weighted by atomic mass is 32.1. The van der Waals surface area contributed by atoms with Gasteiger partial charge in [0.1, 0.15) is 40.0 Å². The van der Waals surface area contributed by atoms with E-state index in [1.807, 2.05) is 31.2 Å². The Kier molecular flexibility index (Phi) is 11.1. The standard InChI is InChI=1S/C35H41N5O6S/c1-6-23-21-47-33(36-23)27-20-30(25-14-15-29(44-4)22(2)31(25)37-27)46-24-16-18-40-28(19-24)32(41)38-26(34(42)45-5)13-11-9-7-8-10-12-17-39(3)35(40)43/h1,7,9,14-15,20-21,24,26,28H,8,10-13,16-19H2,2-5H3,(H,38,41)/p+1/t24-,26-,28?/m1/s1. The Morgan fingerprint density at radius 2 is 1.94 bits per heavy atom. The fourth-order valence-corrected chi connectivity index (χ4v) is 6.93. The van der Waals surface area contributed by atoms with E-state index < -0.39 is 24.2 Å². The number of hydrogen-bond acceptors (Lipinski definition) is 9. The fourth-order valence-electron chi connectivity index (χ4n) is 6.21. The number of aromatic nitrogens is 2. The minimum atomic E-state index is -0.825. The van der Waals surface area contributed by atoms with Gasteiger partial charge < -0.3 is 19.5 Å². The summed E-state index contributed by atoms with van der Waals surface area (Å²) in [7, 11) is 4.71. The molecular formula is C35H42N5O6S+. The van der Waals surface area contributed by atoms with E-state index in [1.54, 1.807) is 24.4 Å². The van der Waals surface area contributed by atoms with Crippen LogP contribution in [0.25, 0.3) is 21.6 Å². The van der Waals surface area contributed by atoms with Gasteiger partial charge in [-0.3, -0.25) is 9.69 Å². The topological polar surface area (TPSA) is 124 Å². The molecule has 2 aliphatic rings. The number of ether oxygens (including phenoxy) is 3. The first kappa shape index (κ1) is 33.9. The number of allylic oxidation sites excluding steroid dienone is 2. The molecule has 2 unspecified atom stereocenters. The molecule has 4 atom stereocenters. The molecular weight excluding hydrogens is 618 g/mol. The number of hydrogen-bond donors (Lipinski definition) is 2. The Bertz CT molecular complexity index is 1700. The van der Waals surface area contributed by atoms with Gasteiger partial charge in [-0.25, -0.2) is 24.5 Å². The predicted octanol–water partition coefficient (Wildman–Crippen LogP) is 3.68. The summed E-state index contributed by atoms with van der Waals surface area (Å²) in [5.41, 5.74) is 2.69. The molecule has 12 heteroatoms. The molecule has 0 saturated carbocycles. The SMILES string of the molecule is C#Cc1csc(-c2cc(O[C@@H]3CC[NH+]4C(=O)N(C)CCCCC=CCC[C@H](C(=O)OC)NC(=O)C4C3)c3ccc(OC)c(C)c3n2)n1. The van der Waals surface area contributed by atoms with Gasteiger partial charge in [0.25, 0.3) is 5.91 Å². The number of esters is 1. The maximum absolute atomic E-state index is 13.9. The van der Waals surface area contributed by atoms with Gasteiger partial charge in [-0.15, -0.1) is 17.8 Å². The summed E-state index contributed by atoms with van der Waals surface area (Å²) >= 11 is 1.40. The zero-order valence-corrected chi connectivity index (χ0v) is 28.2. The molecule has 4 heterocycles. The predicted molar refractivity (Wildman–Crippen MR) is 180 cm³/mol. The van der Waals surface area contributed by atoms with Gasteiger partial charge in [-0.05, 0) is 57.1 Å². The number of piperidine rings is 1. The number of carbonyl (C=O) groups is 3. The van der Waals surface area contributed by atoms with Crippen molar-refractivity contribution in [1.29, 1.82) is 0 Å². The maximum atomic E-state index is 13.9. The van der Waals surface area contributed by atoms with Crippen LogP contribution in [-0.2, 0) is 14.3 Å². The minimum absolute atomic E-state index is 0.143. The van der Waals surface area contributed by atoms with Crippen LogP contribution in [0.1, 0.15) is 56.2 Å². The highest BCUT2D eigenvalue weighted by Gasteiger charge is 2.44. The van der Waals surface area contributed by atoms with E-state index >= 15 is 0 Å². The minimum Gasteiger partial charge on any atom is -0.496 e. The number of carbonyl (C=O) groups excluding carboxylic acids is 3. The number of nitrogens with zero attached hydrogens (tertiary/aromatic N) is 3. The third kappa shape index (κ3) is 7.75. The number of fused-ring (bicyclic) bond motifs is 2. The molecule has 1 aromatic carbocycles. The Morgan fingerprint density at radius 3 is 2.68 bits per heavy atom. The van der Waals surface area contributed by atoms with Crippen LogP contribution in [0.15, 0.2) is 35.7 Å². The second kappa shape index (κ2) is 15.4. The number of aryl methyl sites for hydroxylation is 1. The molecule has 0 aliphatic carbocycles. The Hall–Kier alpha value is -4.47. The van der Waals surface area contributed by atoms with Crippen molar-refractivity contribution in [1.82, 2.24) is 20.2 Å². The molecule has 248 valence electrons. The summed E-state index contributed by atoms with van der Waals surface area (Å²) < 4.78 is 17.3. The van der Waals surface area contributed by atoms with Gasteiger partial charge in [0.05, 0.1) is 26.3 Å². The fraction of sp³-hybridized carbons (Fsp3) is 0.457. The van der Waals surface area contributed by atoms with Gasteiger partial charge >= 0.3 is 12.0 Å². The summed E-state index contributed by atoms with van der Waals surface area (Å²) in [4.78, 5) is 52.0. The van der Waals surface area contributed by atoms with Crippen LogP contribution in [0.3, 0.4) is 0 Å². The summed E-state index contributed by atoms with van der Waals surface area (Å²) in [6, 6.07) is 3.89. The van der Waals surface area contributed by atoms with Crippen LogP contribution in [-0.4, -0.2) is 85.3 Å². The number of rotatable bonds is 5. The number of benzene rings is 1. The van der Waals surface area contributed by atoms with E-state index in [2.05, 4.69) is 22.3 Å². The average molecular weight is 661 g/mol. The normalized spacial score (nSPS) is 22.7. The van der Waals surface area contributed by atoms with Crippen molar-refractivity contribution in [3.8, 4) is 34.5 Å². The van der Waals surface area contributed by atoms with Gasteiger partial charge in [-0.1, -0.05) is 12.2 Å². The molecule has 0 radical (unpaired) electrons. The summed E-state index contributed by atoms with van der Waals surface area (Å²) in [5, 5.41) is 6.15. The third-order valence-electron chi connectivity index (χ3n) is 8.83. The van der Waals surface area contributed by atoms with Gasteiger partial charge in [0.2, 0.25) is 0 Å². The van der Waals surface area contributed by atoms with Crippen molar-refractivity contribution in [2.45, 2.75) is 70.1 Å². The number of thiazole rings is 1. The highest BCUT2D eigenvalue weighted by molar-refractivity contribution is 7.13. The molecule has 1 saturated heterocycles. The summed E-state index contributed by atoms with van der Waals surface area (Å²) in [6.07, 6.45) is 13.8. The number of nitrogens with one attached hydrogen (secondary N) is 2. The van der Waals surface area contributed by atoms with Crippen molar-refractivity contribution in [2.75, 3.05) is 34.4 Å². The summed E-state index contributed by atoms with van der Waals surface area (Å²) in [6.45, 7) is 2.92. The van der Waals surface area contributed by atoms with Crippen molar-refractivity contribution < 1.29 is 33.5 Å². The monoisotopic (exact) mass is 660 g/mol. The van der Waals surface area contributed by atoms with Crippen LogP contribution in [0, 0.1) is 19.3 Å². The highest BCUT2D eigenvalue weighted by Crippen LogP contribution is 2.37. The van der Waals surface area contributed by atoms with E-state index in [-0.39, 0.29) is 18.4 Å². The number of pyridine rings is 1. The zero-order valence-electron chi connectivity index (χ0n) is 27.3. The zero-order chi connectivity index (χ0) is 33.5. The van der Waals surface area contributed by atoms with Crippen LogP contribution in [0.4, 0.5) is 4.79 Å². The number of quaternary nitrogens is 1. The number of urea groups is 1. The third-order valence-corrected chi connectivity index (χ3v) is 9.69. The first-order valence-corrected chi connectivity index (χ1v) is 16.8. The van der Waals surface area contributed by atoms with Crippen molar-refractivity contribution in [3.63, 3.8) is 0 Å². The molecule has 5 rings (SSSR count). The van der Waals surface area contributed by atoms with Crippen molar-refractivity contribution in [3.05, 3.63) is 47.0 Å². The Balaban J connectivity index is 1.48. The van der Waals surface area contributed by atoms with Crippen LogP contribution < -0.4 is 19.7 Å². The van der Waals surface area contributed by atoms with Gasteiger partial charge in [0, 0.05) is 48.8 Å². The van der Waals surface area contributed by atoms with Gasteiger partial charge in [0.15, 0.2) is 6.04 Å². The lowest BCUT2D eigenvalue weighted by molar-refractivity contribution is -0.844. The largest absolute Gasteiger partial charge is 0.496 e. The molecule has 2 N–H and O–H groups in total. The Labute approximate surface area is 279 Å². The number of amides is 3. The molecule has 2 aromatic heterocycles. The molecule has 3 amide bonds. The first-order chi connectivity index (χ1) is 22.7. The molecule has 0 spiro atoms. The van der Waals surface area contributed by atoms with E-state index in [0.717, 1.165) is 30.2 Å². The first-order valence-electron chi connectivity index (χ1n) is 16.0. The molecule has 11 nitrogen and oxygen atoms in total. The van der Waals surface area contributed by atoms with E-state index in [0.29, 0.717) is 70.7 Å². The summed E-state index contributed by atoms with van der Waals surface area (Å²) in [5.74, 6) is 2.95. The van der Waals surface area contributed by atoms with Crippen LogP contribution >= 0.6 is 11.3 Å². The lowest BCUT2D eigenvalue weighted by atomic mass is 9.97. The maximum Gasteiger partial charge on any atom is 0.417 e. The van der Waals surface area contributed by atoms with Crippen molar-refractivity contribution in [2.24, 2.45) is 0 Å². The van der Waals surface area contributed by atoms with E-state index in [1.165, 1.54) is 18.4 Å². The quantitative estimate of drug-likeness (QED) is 0.242. The molecule has 3 aromatic rings. The Morgan fingerprint density at radius 1 is 1.13 bits per heavy atom. The van der Waals surface area contributed by atoms with Crippen molar-refractivity contribution >= 4 is 40.1 Å². The van der Waals surface area contributed by atoms with Crippen LogP contribution in [0.2, 0.25) is 0 Å². The lowest BCUT2D eigenvalue weighted by Gasteiger charge is -2.36. The second-order valence-corrected chi connectivity index (χ2v) is 12.8. The number of terminal acetylenes is 1. The second-order valence-electron chi connectivity index (χ2n) is 11.9. The molecule has 47 heavy (non-hydrogen) atoms. The smallest absolute Gasteiger partial charge is 0.417 e. The lowest BCUT2D eigenvalue weighted by Crippen LogP contribution is -3.21. The molecule has 1 fully saturated rings. The molecule has 2 aliphatic heterocycles. The average Bonchev–Trinajstić information content (AvgIpc) is 3.57. The number of methoxy groups -OCH3 is 2. The molecule has 0 bridgehead atoms.